The number of rotatable bonds is 7. The Morgan fingerprint density at radius 1 is 0.786 bits per heavy atom. The van der Waals surface area contributed by atoms with Gasteiger partial charge in [0.1, 0.15) is 17.8 Å². The first-order valence-electron chi connectivity index (χ1n) is 19.8. The van der Waals surface area contributed by atoms with Crippen LogP contribution < -0.4 is 21.1 Å². The predicted octanol–water partition coefficient (Wildman–Crippen LogP) is 7.19. The number of hydrogen-bond donors (Lipinski definition) is 0. The molecule has 0 bridgehead atoms. The van der Waals surface area contributed by atoms with Crippen molar-refractivity contribution in [3.63, 3.8) is 0 Å². The molecule has 0 fully saturated rings. The largest absolute Gasteiger partial charge is 0.497 e. The summed E-state index contributed by atoms with van der Waals surface area (Å²) >= 11 is 0. The Morgan fingerprint density at radius 3 is 2.18 bits per heavy atom. The second kappa shape index (κ2) is 19.0. The van der Waals surface area contributed by atoms with Crippen molar-refractivity contribution < 1.29 is 4.74 Å². The first kappa shape index (κ1) is 41.9. The van der Waals surface area contributed by atoms with E-state index in [-0.39, 0.29) is 5.56 Å². The van der Waals surface area contributed by atoms with Crippen molar-refractivity contribution in [3.05, 3.63) is 135 Å². The summed E-state index contributed by atoms with van der Waals surface area (Å²) < 4.78 is 13.1. The van der Waals surface area contributed by atoms with Gasteiger partial charge in [0, 0.05) is 69.1 Å². The standard InChI is InChI=1S/C15H20N2O2.C12H15N.C9H11N3.C9H15N3/c1-11(2)14-9-15(18)16(3)17(14)10-12-5-7-13(19-4)8-6-12;1-9(2)11-5-4-10-6-7-13(3)12(10)8-11;1-6(2)7-3-8-9(10-4-7)12-5-11-8;1-8(2)11-5-6-12-9(7-11)3-4-10-12/h5-9,11H,10H2,1-4H3;4-9H,1-3H3;3-4,6H,5H2,1-2H3;3-4,8H,5-7H2,1-2H3. The van der Waals surface area contributed by atoms with Gasteiger partial charge in [0.2, 0.25) is 0 Å². The van der Waals surface area contributed by atoms with Gasteiger partial charge in [0.05, 0.1) is 25.9 Å². The molecular weight excluding hydrogens is 699 g/mol. The zero-order chi connectivity index (χ0) is 40.5. The van der Waals surface area contributed by atoms with Crippen LogP contribution in [-0.4, -0.2) is 60.0 Å². The van der Waals surface area contributed by atoms with Gasteiger partial charge in [-0.3, -0.25) is 28.7 Å². The molecule has 2 aromatic carbocycles. The van der Waals surface area contributed by atoms with Crippen LogP contribution in [0.4, 0.5) is 0 Å². The zero-order valence-corrected chi connectivity index (χ0v) is 35.3. The van der Waals surface area contributed by atoms with Gasteiger partial charge in [-0.1, -0.05) is 65.8 Å². The van der Waals surface area contributed by atoms with Crippen molar-refractivity contribution in [1.82, 2.24) is 33.6 Å². The number of pyridine rings is 1. The molecule has 11 nitrogen and oxygen atoms in total. The van der Waals surface area contributed by atoms with E-state index < -0.39 is 0 Å². The molecule has 0 saturated heterocycles. The molecule has 0 aliphatic carbocycles. The number of fused-ring (bicyclic) bond motifs is 3. The Kier molecular flexibility index (Phi) is 14.2. The highest BCUT2D eigenvalue weighted by molar-refractivity contribution is 5.80. The molecule has 0 amide bonds. The van der Waals surface area contributed by atoms with Crippen LogP contribution in [-0.2, 0) is 33.7 Å². The lowest BCUT2D eigenvalue weighted by atomic mass is 10.0. The lowest BCUT2D eigenvalue weighted by Gasteiger charge is -2.30. The van der Waals surface area contributed by atoms with Gasteiger partial charge >= 0.3 is 0 Å². The molecule has 2 aliphatic heterocycles. The molecule has 2 aliphatic rings. The third-order valence-electron chi connectivity index (χ3n) is 10.4. The predicted molar refractivity (Wildman–Crippen MR) is 226 cm³/mol. The van der Waals surface area contributed by atoms with Crippen LogP contribution in [0.5, 0.6) is 5.75 Å². The number of benzene rings is 2. The van der Waals surface area contributed by atoms with E-state index in [2.05, 4.69) is 139 Å². The minimum absolute atomic E-state index is 0.0391. The molecule has 0 N–H and O–H groups in total. The van der Waals surface area contributed by atoms with Gasteiger partial charge < -0.3 is 9.30 Å². The number of aromatic nitrogens is 6. The summed E-state index contributed by atoms with van der Waals surface area (Å²) in [7, 11) is 5.55. The third kappa shape index (κ3) is 10.5. The smallest absolute Gasteiger partial charge is 0.266 e. The Balaban J connectivity index is 0.000000146. The normalized spacial score (nSPS) is 13.3. The molecular formula is C45H61N9O2. The second-order valence-corrected chi connectivity index (χ2v) is 15.7. The molecule has 8 rings (SSSR count). The van der Waals surface area contributed by atoms with Crippen molar-refractivity contribution in [2.75, 3.05) is 20.3 Å². The van der Waals surface area contributed by atoms with Crippen molar-refractivity contribution >= 4 is 10.9 Å². The van der Waals surface area contributed by atoms with E-state index in [1.54, 1.807) is 24.9 Å². The highest BCUT2D eigenvalue weighted by Gasteiger charge is 2.18. The molecule has 56 heavy (non-hydrogen) atoms. The Morgan fingerprint density at radius 2 is 1.52 bits per heavy atom. The van der Waals surface area contributed by atoms with Gasteiger partial charge in [-0.05, 0) is 90.1 Å². The van der Waals surface area contributed by atoms with E-state index in [4.69, 9.17) is 4.74 Å². The van der Waals surface area contributed by atoms with Crippen molar-refractivity contribution in [1.29, 1.82) is 0 Å². The van der Waals surface area contributed by atoms with Crippen LogP contribution in [0.2, 0.25) is 0 Å². The molecule has 6 heterocycles. The Hall–Kier alpha value is -5.29. The van der Waals surface area contributed by atoms with Crippen LogP contribution in [0.25, 0.3) is 10.9 Å². The van der Waals surface area contributed by atoms with Crippen LogP contribution in [0.15, 0.2) is 100 Å². The molecule has 0 unspecified atom stereocenters. The quantitative estimate of drug-likeness (QED) is 0.172. The summed E-state index contributed by atoms with van der Waals surface area (Å²) in [6.07, 6.45) is 5.88. The van der Waals surface area contributed by atoms with Crippen molar-refractivity contribution in [2.45, 2.75) is 98.8 Å². The summed E-state index contributed by atoms with van der Waals surface area (Å²) in [4.78, 5) is 26.8. The molecule has 6 aromatic rings. The summed E-state index contributed by atoms with van der Waals surface area (Å²) in [5, 5.41) is 6.51. The number of methoxy groups -OCH3 is 1. The fraction of sp³-hybridized carbons (Fsp3) is 0.444. The fourth-order valence-corrected chi connectivity index (χ4v) is 6.63. The van der Waals surface area contributed by atoms with E-state index in [1.807, 2.05) is 41.3 Å². The van der Waals surface area contributed by atoms with Gasteiger partial charge in [0.25, 0.3) is 5.56 Å². The van der Waals surface area contributed by atoms with E-state index in [1.165, 1.54) is 27.7 Å². The van der Waals surface area contributed by atoms with E-state index >= 15 is 0 Å². The van der Waals surface area contributed by atoms with E-state index in [9.17, 15) is 4.79 Å². The number of hydrogen-bond acceptors (Lipinski definition) is 7. The average Bonchev–Trinajstić information content (AvgIpc) is 4.00. The molecule has 0 saturated carbocycles. The highest BCUT2D eigenvalue weighted by atomic mass is 16.5. The summed E-state index contributed by atoms with van der Waals surface area (Å²) in [5.74, 6) is 2.29. The zero-order valence-electron chi connectivity index (χ0n) is 35.3. The fourth-order valence-electron chi connectivity index (χ4n) is 6.63. The first-order chi connectivity index (χ1) is 26.7. The minimum atomic E-state index is 0.0391. The lowest BCUT2D eigenvalue weighted by molar-refractivity contribution is 0.171. The first-order valence-corrected chi connectivity index (χ1v) is 19.8. The van der Waals surface area contributed by atoms with Crippen molar-refractivity contribution in [2.24, 2.45) is 24.1 Å². The van der Waals surface area contributed by atoms with Crippen molar-refractivity contribution in [3.8, 4) is 5.75 Å². The molecule has 298 valence electrons. The monoisotopic (exact) mass is 759 g/mol. The minimum Gasteiger partial charge on any atom is -0.497 e. The third-order valence-corrected chi connectivity index (χ3v) is 10.4. The number of aryl methyl sites for hydroxylation is 1. The maximum atomic E-state index is 11.8. The van der Waals surface area contributed by atoms with Gasteiger partial charge in [-0.25, -0.2) is 9.98 Å². The van der Waals surface area contributed by atoms with E-state index in [0.717, 1.165) is 47.5 Å². The van der Waals surface area contributed by atoms with Crippen LogP contribution in [0, 0.1) is 0 Å². The number of nitrogens with zero attached hydrogens (tertiary/aromatic N) is 9. The van der Waals surface area contributed by atoms with Gasteiger partial charge in [-0.15, -0.1) is 0 Å². The summed E-state index contributed by atoms with van der Waals surface area (Å²) in [6, 6.07) is 23.3. The van der Waals surface area contributed by atoms with Gasteiger partial charge in [-0.2, -0.15) is 5.10 Å². The highest BCUT2D eigenvalue weighted by Crippen LogP contribution is 2.22. The van der Waals surface area contributed by atoms with E-state index in [0.29, 0.717) is 37.0 Å². The van der Waals surface area contributed by atoms with Crippen LogP contribution >= 0.6 is 0 Å². The summed E-state index contributed by atoms with van der Waals surface area (Å²) in [5.41, 5.74) is 8.35. The molecule has 0 spiro atoms. The second-order valence-electron chi connectivity index (χ2n) is 15.7. The molecule has 0 radical (unpaired) electrons. The lowest BCUT2D eigenvalue weighted by Crippen LogP contribution is -2.38. The molecule has 0 atom stereocenters. The van der Waals surface area contributed by atoms with Gasteiger partial charge in [0.15, 0.2) is 5.49 Å². The molecule has 11 heteroatoms. The van der Waals surface area contributed by atoms with Crippen LogP contribution in [0.1, 0.15) is 101 Å². The Bertz CT molecular complexity index is 2360. The maximum Gasteiger partial charge on any atom is 0.266 e. The number of ether oxygens (including phenoxy) is 1. The Labute approximate surface area is 332 Å². The maximum absolute atomic E-state index is 11.8. The SMILES string of the molecule is CC(C)N1CCn2nccc2C1.CC(C)c1ccc2ccn(C)c2c1.CC(C)c1cnc2c(c1)=NCN=2.COc1ccc(Cn2c(C(C)C)cc(=O)n2C)cc1. The summed E-state index contributed by atoms with van der Waals surface area (Å²) in [6.45, 7) is 21.9. The molecule has 4 aromatic heterocycles. The van der Waals surface area contributed by atoms with Crippen LogP contribution in [0.3, 0.4) is 0 Å². The topological polar surface area (TPSA) is 99.8 Å². The average molecular weight is 760 g/mol.